The number of aromatic nitrogens is 1. The van der Waals surface area contributed by atoms with E-state index >= 15 is 0 Å². The number of nitrogens with zero attached hydrogens (tertiary/aromatic N) is 2. The Morgan fingerprint density at radius 2 is 1.89 bits per heavy atom. The summed E-state index contributed by atoms with van der Waals surface area (Å²) in [6, 6.07) is 19.5. The first-order chi connectivity index (χ1) is 17.1. The minimum absolute atomic E-state index is 0.0601. The van der Waals surface area contributed by atoms with Gasteiger partial charge >= 0.3 is 0 Å². The van der Waals surface area contributed by atoms with Gasteiger partial charge in [0.15, 0.2) is 11.5 Å². The first-order valence-electron chi connectivity index (χ1n) is 12.3. The van der Waals surface area contributed by atoms with Crippen molar-refractivity contribution in [3.63, 3.8) is 0 Å². The second-order valence-corrected chi connectivity index (χ2v) is 9.50. The van der Waals surface area contributed by atoms with Crippen molar-refractivity contribution in [1.29, 1.82) is 0 Å². The average molecular weight is 473 g/mol. The lowest BCUT2D eigenvalue weighted by molar-refractivity contribution is 0.0776. The predicted octanol–water partition coefficient (Wildman–Crippen LogP) is 5.02. The fourth-order valence-electron chi connectivity index (χ4n) is 5.64. The van der Waals surface area contributed by atoms with Crippen molar-refractivity contribution in [3.05, 3.63) is 83.7 Å². The molecule has 182 valence electrons. The summed E-state index contributed by atoms with van der Waals surface area (Å²) < 4.78 is 16.8. The molecule has 2 aliphatic rings. The third-order valence-corrected chi connectivity index (χ3v) is 7.44. The summed E-state index contributed by atoms with van der Waals surface area (Å²) in [5.41, 5.74) is 2.76. The van der Waals surface area contributed by atoms with Gasteiger partial charge in [-0.1, -0.05) is 18.2 Å². The van der Waals surface area contributed by atoms with Crippen molar-refractivity contribution < 1.29 is 19.0 Å². The first-order valence-corrected chi connectivity index (χ1v) is 12.3. The fraction of sp³-hybridized carbons (Fsp3) is 0.379. The number of carbonyl (C=O) groups excluding carboxylic acids is 1. The Bertz CT molecular complexity index is 1170. The molecule has 1 saturated heterocycles. The first kappa shape index (κ1) is 23.2. The van der Waals surface area contributed by atoms with E-state index in [2.05, 4.69) is 23.2 Å². The van der Waals surface area contributed by atoms with Crippen molar-refractivity contribution >= 4 is 5.91 Å². The molecule has 6 heteroatoms. The van der Waals surface area contributed by atoms with Crippen molar-refractivity contribution in [1.82, 2.24) is 9.88 Å². The molecule has 5 rings (SSSR count). The summed E-state index contributed by atoms with van der Waals surface area (Å²) in [7, 11) is 3.31. The van der Waals surface area contributed by atoms with Gasteiger partial charge in [0, 0.05) is 24.8 Å². The van der Waals surface area contributed by atoms with Crippen LogP contribution in [0.25, 0.3) is 0 Å². The molecule has 0 radical (unpaired) electrons. The molecule has 0 spiro atoms. The number of rotatable bonds is 8. The van der Waals surface area contributed by atoms with Crippen LogP contribution in [0.3, 0.4) is 0 Å². The van der Waals surface area contributed by atoms with E-state index in [-0.39, 0.29) is 5.91 Å². The largest absolute Gasteiger partial charge is 0.497 e. The normalized spacial score (nSPS) is 21.0. The minimum atomic E-state index is 0.0601. The van der Waals surface area contributed by atoms with E-state index in [1.165, 1.54) is 18.4 Å². The van der Waals surface area contributed by atoms with Gasteiger partial charge in [-0.25, -0.2) is 0 Å². The molecule has 6 nitrogen and oxygen atoms in total. The van der Waals surface area contributed by atoms with Crippen LogP contribution in [-0.2, 0) is 13.0 Å². The summed E-state index contributed by atoms with van der Waals surface area (Å²) in [5.74, 6) is 3.84. The lowest BCUT2D eigenvalue weighted by Crippen LogP contribution is -2.30. The lowest BCUT2D eigenvalue weighted by atomic mass is 9.87. The van der Waals surface area contributed by atoms with Crippen molar-refractivity contribution in [3.8, 4) is 17.2 Å². The molecule has 0 bridgehead atoms. The zero-order valence-corrected chi connectivity index (χ0v) is 20.4. The van der Waals surface area contributed by atoms with E-state index in [4.69, 9.17) is 14.2 Å². The van der Waals surface area contributed by atoms with Crippen LogP contribution in [0.1, 0.15) is 34.5 Å². The maximum Gasteiger partial charge on any atom is 0.254 e. The number of hydrogen-bond donors (Lipinski definition) is 0. The molecule has 2 heterocycles. The molecular weight excluding hydrogens is 440 g/mol. The van der Waals surface area contributed by atoms with Gasteiger partial charge in [0.2, 0.25) is 0 Å². The monoisotopic (exact) mass is 472 g/mol. The molecule has 1 amide bonds. The van der Waals surface area contributed by atoms with E-state index in [9.17, 15) is 4.79 Å². The SMILES string of the molecule is COc1cccc(C[C@H]2CC[C@@H]3CN(C(=O)c4ccc(OC)c(OCc5ccccn5)c4)C[C@H]23)c1. The van der Waals surface area contributed by atoms with E-state index in [0.29, 0.717) is 41.4 Å². The molecule has 0 unspecified atom stereocenters. The highest BCUT2D eigenvalue weighted by Gasteiger charge is 2.43. The molecular formula is C29H32N2O4. The quantitative estimate of drug-likeness (QED) is 0.461. The highest BCUT2D eigenvalue weighted by Crippen LogP contribution is 2.44. The summed E-state index contributed by atoms with van der Waals surface area (Å²) in [6.45, 7) is 1.96. The van der Waals surface area contributed by atoms with Crippen LogP contribution in [0, 0.1) is 17.8 Å². The van der Waals surface area contributed by atoms with Crippen molar-refractivity contribution in [2.45, 2.75) is 25.9 Å². The number of likely N-dealkylation sites (tertiary alicyclic amines) is 1. The summed E-state index contributed by atoms with van der Waals surface area (Å²) >= 11 is 0. The van der Waals surface area contributed by atoms with Crippen LogP contribution in [0.2, 0.25) is 0 Å². The smallest absolute Gasteiger partial charge is 0.254 e. The maximum absolute atomic E-state index is 13.5. The number of benzene rings is 2. The number of pyridine rings is 1. The third-order valence-electron chi connectivity index (χ3n) is 7.44. The Hall–Kier alpha value is -3.54. The van der Waals surface area contributed by atoms with Crippen LogP contribution in [0.15, 0.2) is 66.9 Å². The number of methoxy groups -OCH3 is 2. The highest BCUT2D eigenvalue weighted by atomic mass is 16.5. The van der Waals surface area contributed by atoms with Crippen LogP contribution < -0.4 is 14.2 Å². The van der Waals surface area contributed by atoms with Crippen LogP contribution in [-0.4, -0.2) is 43.1 Å². The second kappa shape index (κ2) is 10.4. The highest BCUT2D eigenvalue weighted by molar-refractivity contribution is 5.95. The molecule has 0 N–H and O–H groups in total. The molecule has 1 saturated carbocycles. The van der Waals surface area contributed by atoms with Crippen molar-refractivity contribution in [2.75, 3.05) is 27.3 Å². The Morgan fingerprint density at radius 3 is 2.69 bits per heavy atom. The molecule has 1 aromatic heterocycles. The van der Waals surface area contributed by atoms with E-state index in [1.807, 2.05) is 41.3 Å². The van der Waals surface area contributed by atoms with E-state index < -0.39 is 0 Å². The molecule has 1 aliphatic heterocycles. The van der Waals surface area contributed by atoms with Crippen LogP contribution >= 0.6 is 0 Å². The van der Waals surface area contributed by atoms with Gasteiger partial charge in [0.05, 0.1) is 19.9 Å². The van der Waals surface area contributed by atoms with Gasteiger partial charge in [-0.15, -0.1) is 0 Å². The van der Waals surface area contributed by atoms with Gasteiger partial charge < -0.3 is 19.1 Å². The topological polar surface area (TPSA) is 60.9 Å². The maximum atomic E-state index is 13.5. The second-order valence-electron chi connectivity index (χ2n) is 9.50. The van der Waals surface area contributed by atoms with Gasteiger partial charge in [-0.05, 0) is 85.0 Å². The zero-order valence-electron chi connectivity index (χ0n) is 20.4. The molecule has 2 aromatic carbocycles. The third kappa shape index (κ3) is 5.11. The Balaban J connectivity index is 1.26. The van der Waals surface area contributed by atoms with E-state index in [0.717, 1.165) is 31.0 Å². The minimum Gasteiger partial charge on any atom is -0.497 e. The molecule has 1 aliphatic carbocycles. The molecule has 3 aromatic rings. The van der Waals surface area contributed by atoms with Crippen LogP contribution in [0.4, 0.5) is 0 Å². The Labute approximate surface area is 206 Å². The van der Waals surface area contributed by atoms with Gasteiger partial charge in [-0.3, -0.25) is 9.78 Å². The summed E-state index contributed by atoms with van der Waals surface area (Å²) in [4.78, 5) is 19.8. The number of hydrogen-bond acceptors (Lipinski definition) is 5. The molecule has 3 atom stereocenters. The number of amides is 1. The Kier molecular flexibility index (Phi) is 6.89. The number of fused-ring (bicyclic) bond motifs is 1. The molecule has 2 fully saturated rings. The summed E-state index contributed by atoms with van der Waals surface area (Å²) in [5, 5.41) is 0. The van der Waals surface area contributed by atoms with Crippen molar-refractivity contribution in [2.24, 2.45) is 17.8 Å². The van der Waals surface area contributed by atoms with E-state index in [1.54, 1.807) is 26.5 Å². The number of ether oxygens (including phenoxy) is 3. The fourth-order valence-corrected chi connectivity index (χ4v) is 5.64. The standard InChI is InChI=1S/C29H32N2O4/c1-33-25-8-5-6-20(15-25)14-21-9-10-23-17-31(18-26(21)23)29(32)22-11-12-27(34-2)28(16-22)35-19-24-7-3-4-13-30-24/h3-8,11-13,15-16,21,23,26H,9-10,14,17-19H2,1-2H3/t21-,23-,26-/m1/s1. The number of carbonyl (C=O) groups is 1. The molecule has 35 heavy (non-hydrogen) atoms. The average Bonchev–Trinajstić information content (AvgIpc) is 3.49. The Morgan fingerprint density at radius 1 is 0.971 bits per heavy atom. The van der Waals surface area contributed by atoms with Crippen LogP contribution in [0.5, 0.6) is 17.2 Å². The lowest BCUT2D eigenvalue weighted by Gasteiger charge is -2.21. The van der Waals surface area contributed by atoms with Gasteiger partial charge in [-0.2, -0.15) is 0 Å². The predicted molar refractivity (Wildman–Crippen MR) is 134 cm³/mol. The zero-order chi connectivity index (χ0) is 24.2. The summed E-state index contributed by atoms with van der Waals surface area (Å²) in [6.07, 6.45) is 5.18. The van der Waals surface area contributed by atoms with Gasteiger partial charge in [0.1, 0.15) is 12.4 Å². The van der Waals surface area contributed by atoms with Gasteiger partial charge in [0.25, 0.3) is 5.91 Å².